The Kier molecular flexibility index (Phi) is 6.45. The number of aliphatic hydroxyl groups is 1. The molecule has 2 aliphatic rings. The molecule has 1 unspecified atom stereocenters. The van der Waals surface area contributed by atoms with Crippen LogP contribution in [0.2, 0.25) is 5.02 Å². The quantitative estimate of drug-likeness (QED) is 0.405. The number of benzene rings is 2. The molecule has 2 saturated heterocycles. The molecule has 0 spiro atoms. The van der Waals surface area contributed by atoms with Crippen molar-refractivity contribution in [3.05, 3.63) is 70.0 Å². The van der Waals surface area contributed by atoms with E-state index < -0.39 is 29.3 Å². The zero-order valence-corrected chi connectivity index (χ0v) is 17.9. The van der Waals surface area contributed by atoms with Crippen LogP contribution in [0.5, 0.6) is 5.75 Å². The topological polar surface area (TPSA) is 90.3 Å². The molecule has 32 heavy (non-hydrogen) atoms. The van der Waals surface area contributed by atoms with E-state index >= 15 is 0 Å². The van der Waals surface area contributed by atoms with E-state index in [-0.39, 0.29) is 34.0 Å². The number of carbonyl (C=O) groups excluding carboxylic acids is 2. The third-order valence-corrected chi connectivity index (χ3v) is 5.95. The van der Waals surface area contributed by atoms with E-state index in [0.29, 0.717) is 32.8 Å². The van der Waals surface area contributed by atoms with Gasteiger partial charge in [0.1, 0.15) is 17.3 Å². The van der Waals surface area contributed by atoms with Gasteiger partial charge in [0.2, 0.25) is 0 Å². The Morgan fingerprint density at radius 1 is 1.12 bits per heavy atom. The van der Waals surface area contributed by atoms with Gasteiger partial charge in [-0.2, -0.15) is 0 Å². The molecule has 2 fully saturated rings. The molecular formula is C23H22ClFN2O5. The Hall–Kier alpha value is -2.94. The first-order valence-electron chi connectivity index (χ1n) is 10.2. The van der Waals surface area contributed by atoms with Gasteiger partial charge in [-0.3, -0.25) is 14.5 Å². The number of Topliss-reactive ketones (excluding diaryl/α,β-unsaturated/α-hetero) is 1. The molecule has 0 saturated carbocycles. The number of aromatic hydroxyl groups is 1. The number of halogens is 2. The van der Waals surface area contributed by atoms with Crippen LogP contribution in [-0.2, 0) is 14.3 Å². The van der Waals surface area contributed by atoms with Gasteiger partial charge in [-0.25, -0.2) is 4.39 Å². The number of phenols is 1. The molecule has 2 N–H and O–H groups in total. The highest BCUT2D eigenvalue weighted by Crippen LogP contribution is 2.41. The van der Waals surface area contributed by atoms with Crippen molar-refractivity contribution >= 4 is 29.1 Å². The molecule has 2 aromatic carbocycles. The van der Waals surface area contributed by atoms with Crippen LogP contribution in [0.1, 0.15) is 17.2 Å². The van der Waals surface area contributed by atoms with Crippen molar-refractivity contribution in [2.75, 3.05) is 39.4 Å². The van der Waals surface area contributed by atoms with Gasteiger partial charge in [-0.05, 0) is 24.3 Å². The number of hydrogen-bond donors (Lipinski definition) is 2. The minimum atomic E-state index is -1.14. The lowest BCUT2D eigenvalue weighted by atomic mass is 9.94. The fraction of sp³-hybridized carbons (Fsp3) is 0.304. The number of aliphatic hydroxyl groups excluding tert-OH is 1. The zero-order chi connectivity index (χ0) is 22.8. The summed E-state index contributed by atoms with van der Waals surface area (Å²) in [7, 11) is 0. The van der Waals surface area contributed by atoms with Gasteiger partial charge < -0.3 is 19.8 Å². The number of carbonyl (C=O) groups is 2. The van der Waals surface area contributed by atoms with E-state index in [1.54, 1.807) is 6.07 Å². The lowest BCUT2D eigenvalue weighted by molar-refractivity contribution is -0.140. The zero-order valence-electron chi connectivity index (χ0n) is 17.1. The molecule has 4 rings (SSSR count). The Labute approximate surface area is 189 Å². The summed E-state index contributed by atoms with van der Waals surface area (Å²) < 4.78 is 20.1. The highest BCUT2D eigenvalue weighted by atomic mass is 35.5. The number of ether oxygens (including phenoxy) is 1. The van der Waals surface area contributed by atoms with Gasteiger partial charge in [0.15, 0.2) is 0 Å². The number of likely N-dealkylation sites (tertiary alicyclic amines) is 1. The maximum absolute atomic E-state index is 14.8. The molecule has 0 aromatic heterocycles. The van der Waals surface area contributed by atoms with E-state index in [1.165, 1.54) is 41.3 Å². The maximum atomic E-state index is 14.8. The molecule has 1 amide bonds. The second kappa shape index (κ2) is 9.28. The Morgan fingerprint density at radius 2 is 1.84 bits per heavy atom. The second-order valence-electron chi connectivity index (χ2n) is 7.63. The summed E-state index contributed by atoms with van der Waals surface area (Å²) in [6, 6.07) is 8.63. The molecule has 168 valence electrons. The predicted molar refractivity (Wildman–Crippen MR) is 116 cm³/mol. The SMILES string of the molecule is O=C1C(=O)N(CCN2CCOCC2)C(c2ccccc2F)C1=C(O)c1cc(Cl)ccc1O. The van der Waals surface area contributed by atoms with Crippen LogP contribution in [0.15, 0.2) is 48.0 Å². The number of morpholine rings is 1. The van der Waals surface area contributed by atoms with Crippen LogP contribution in [0.3, 0.4) is 0 Å². The van der Waals surface area contributed by atoms with Crippen molar-refractivity contribution in [1.29, 1.82) is 0 Å². The maximum Gasteiger partial charge on any atom is 0.295 e. The number of ketones is 1. The summed E-state index contributed by atoms with van der Waals surface area (Å²) in [6.07, 6.45) is 0. The number of rotatable bonds is 5. The highest BCUT2D eigenvalue weighted by Gasteiger charge is 2.47. The normalized spacial score (nSPS) is 21.3. The summed E-state index contributed by atoms with van der Waals surface area (Å²) >= 11 is 5.99. The number of amides is 1. The average Bonchev–Trinajstić information content (AvgIpc) is 3.04. The Balaban J connectivity index is 1.79. The summed E-state index contributed by atoms with van der Waals surface area (Å²) in [5.41, 5.74) is -0.318. The lowest BCUT2D eigenvalue weighted by Gasteiger charge is -2.31. The number of phenolic OH excluding ortho intramolecular Hbond substituents is 1. The fourth-order valence-electron chi connectivity index (χ4n) is 4.05. The number of nitrogens with zero attached hydrogens (tertiary/aromatic N) is 2. The third-order valence-electron chi connectivity index (χ3n) is 5.71. The second-order valence-corrected chi connectivity index (χ2v) is 8.07. The molecule has 0 bridgehead atoms. The van der Waals surface area contributed by atoms with Crippen LogP contribution in [0.4, 0.5) is 4.39 Å². The predicted octanol–water partition coefficient (Wildman–Crippen LogP) is 2.94. The molecule has 0 aliphatic carbocycles. The highest BCUT2D eigenvalue weighted by molar-refractivity contribution is 6.46. The summed E-state index contributed by atoms with van der Waals surface area (Å²) in [5, 5.41) is 21.4. The van der Waals surface area contributed by atoms with Crippen LogP contribution in [0, 0.1) is 5.82 Å². The molecular weight excluding hydrogens is 439 g/mol. The molecule has 0 radical (unpaired) electrons. The van der Waals surface area contributed by atoms with Crippen molar-refractivity contribution in [2.45, 2.75) is 6.04 Å². The van der Waals surface area contributed by atoms with Gasteiger partial charge in [-0.15, -0.1) is 0 Å². The first-order chi connectivity index (χ1) is 15.4. The van der Waals surface area contributed by atoms with Crippen molar-refractivity contribution in [3.8, 4) is 5.75 Å². The van der Waals surface area contributed by atoms with Crippen molar-refractivity contribution in [1.82, 2.24) is 9.80 Å². The largest absolute Gasteiger partial charge is 0.507 e. The summed E-state index contributed by atoms with van der Waals surface area (Å²) in [6.45, 7) is 3.13. The van der Waals surface area contributed by atoms with E-state index in [9.17, 15) is 24.2 Å². The molecule has 2 aromatic rings. The van der Waals surface area contributed by atoms with E-state index in [0.717, 1.165) is 0 Å². The monoisotopic (exact) mass is 460 g/mol. The molecule has 7 nitrogen and oxygen atoms in total. The van der Waals surface area contributed by atoms with Gasteiger partial charge in [0, 0.05) is 36.8 Å². The van der Waals surface area contributed by atoms with Gasteiger partial charge in [0.05, 0.1) is 30.4 Å². The van der Waals surface area contributed by atoms with E-state index in [1.807, 2.05) is 0 Å². The third kappa shape index (κ3) is 4.21. The minimum absolute atomic E-state index is 0.0803. The van der Waals surface area contributed by atoms with Crippen LogP contribution >= 0.6 is 11.6 Å². The molecule has 2 aliphatic heterocycles. The van der Waals surface area contributed by atoms with Gasteiger partial charge in [0.25, 0.3) is 11.7 Å². The Bertz CT molecular complexity index is 1080. The van der Waals surface area contributed by atoms with Gasteiger partial charge >= 0.3 is 0 Å². The van der Waals surface area contributed by atoms with E-state index in [4.69, 9.17) is 16.3 Å². The summed E-state index contributed by atoms with van der Waals surface area (Å²) in [5.74, 6) is -3.33. The average molecular weight is 461 g/mol. The van der Waals surface area contributed by atoms with Crippen LogP contribution in [0.25, 0.3) is 5.76 Å². The smallest absolute Gasteiger partial charge is 0.295 e. The van der Waals surface area contributed by atoms with Crippen molar-refractivity contribution < 1.29 is 28.9 Å². The van der Waals surface area contributed by atoms with E-state index in [2.05, 4.69) is 4.90 Å². The van der Waals surface area contributed by atoms with Crippen LogP contribution in [-0.4, -0.2) is 71.1 Å². The summed E-state index contributed by atoms with van der Waals surface area (Å²) in [4.78, 5) is 29.3. The Morgan fingerprint density at radius 3 is 2.56 bits per heavy atom. The van der Waals surface area contributed by atoms with Crippen molar-refractivity contribution in [3.63, 3.8) is 0 Å². The fourth-order valence-corrected chi connectivity index (χ4v) is 4.22. The number of hydrogen-bond acceptors (Lipinski definition) is 6. The standard InChI is InChI=1S/C23H22ClFN2O5/c24-14-5-6-18(28)16(13-14)21(29)19-20(15-3-1-2-4-17(15)25)27(23(31)22(19)30)8-7-26-9-11-32-12-10-26/h1-6,13,20,28-29H,7-12H2. The molecule has 1 atom stereocenters. The van der Waals surface area contributed by atoms with Crippen LogP contribution < -0.4 is 0 Å². The minimum Gasteiger partial charge on any atom is -0.507 e. The lowest BCUT2D eigenvalue weighted by Crippen LogP contribution is -2.42. The first-order valence-corrected chi connectivity index (χ1v) is 10.6. The van der Waals surface area contributed by atoms with Gasteiger partial charge in [-0.1, -0.05) is 29.8 Å². The van der Waals surface area contributed by atoms with Crippen molar-refractivity contribution in [2.24, 2.45) is 0 Å². The molecule has 2 heterocycles. The first kappa shape index (κ1) is 22.3. The molecule has 9 heteroatoms.